The third kappa shape index (κ3) is 11.3. The van der Waals surface area contributed by atoms with Crippen molar-refractivity contribution in [3.8, 4) is 0 Å². The van der Waals surface area contributed by atoms with Crippen molar-refractivity contribution in [2.45, 2.75) is 84.4 Å². The van der Waals surface area contributed by atoms with Crippen LogP contribution in [0.5, 0.6) is 0 Å². The average molecular weight is 725 g/mol. The molecule has 2 aromatic carbocycles. The molecule has 0 bridgehead atoms. The van der Waals surface area contributed by atoms with Crippen molar-refractivity contribution in [3.63, 3.8) is 0 Å². The summed E-state index contributed by atoms with van der Waals surface area (Å²) in [5.74, 6) is -1.30. The number of piperidine rings is 1. The molecule has 2 aliphatic heterocycles. The van der Waals surface area contributed by atoms with Gasteiger partial charge >= 0.3 is 5.97 Å². The Labute approximate surface area is 301 Å². The minimum absolute atomic E-state index is 0.00740. The van der Waals surface area contributed by atoms with Gasteiger partial charge in [-0.05, 0) is 75.5 Å². The number of guanidine groups is 1. The van der Waals surface area contributed by atoms with Gasteiger partial charge < -0.3 is 19.9 Å². The lowest BCUT2D eigenvalue weighted by atomic mass is 9.86. The number of ether oxygens (including phenoxy) is 1. The van der Waals surface area contributed by atoms with Crippen LogP contribution in [0, 0.1) is 23.7 Å². The van der Waals surface area contributed by atoms with Crippen molar-refractivity contribution < 1.29 is 32.3 Å². The van der Waals surface area contributed by atoms with Gasteiger partial charge in [0.1, 0.15) is 18.2 Å². The summed E-state index contributed by atoms with van der Waals surface area (Å²) in [7, 11) is -3.68. The van der Waals surface area contributed by atoms with Crippen LogP contribution in [0.2, 0.25) is 0 Å². The predicted octanol–water partition coefficient (Wildman–Crippen LogP) is 2.99. The summed E-state index contributed by atoms with van der Waals surface area (Å²) in [5, 5.41) is 14.3. The normalized spacial score (nSPS) is 18.1. The van der Waals surface area contributed by atoms with E-state index >= 15 is 0 Å². The first kappa shape index (κ1) is 39.5. The number of hydrogen-bond donors (Lipinski definition) is 4. The summed E-state index contributed by atoms with van der Waals surface area (Å²) in [6.45, 7) is 8.93. The van der Waals surface area contributed by atoms with Crippen molar-refractivity contribution in [1.29, 1.82) is 5.41 Å². The fourth-order valence-corrected chi connectivity index (χ4v) is 7.47. The summed E-state index contributed by atoms with van der Waals surface area (Å²) >= 11 is 0. The SMILES string of the molecule is Cc1ccccc1C(=O)OC(C)CC(C)(C)C(=O)NC(=N)N1CCC(CNC(=O)[C@@H]2CCCN2C(=O)[C@@H](Cc2ccccc2)NS(C)(=O)=O)CC1. The molecule has 3 amide bonds. The number of aryl methyl sites for hydroxylation is 1. The summed E-state index contributed by atoms with van der Waals surface area (Å²) < 4.78 is 32.3. The quantitative estimate of drug-likeness (QED) is 0.138. The minimum atomic E-state index is -3.68. The maximum absolute atomic E-state index is 13.6. The van der Waals surface area contributed by atoms with Crippen molar-refractivity contribution >= 4 is 39.7 Å². The van der Waals surface area contributed by atoms with Gasteiger partial charge in [-0.3, -0.25) is 25.1 Å². The Morgan fingerprint density at radius 2 is 1.63 bits per heavy atom. The number of rotatable bonds is 13. The highest BCUT2D eigenvalue weighted by atomic mass is 32.2. The van der Waals surface area contributed by atoms with Gasteiger partial charge in [0, 0.05) is 31.6 Å². The average Bonchev–Trinajstić information content (AvgIpc) is 3.57. The zero-order valence-electron chi connectivity index (χ0n) is 30.2. The maximum atomic E-state index is 13.6. The van der Waals surface area contributed by atoms with Gasteiger partial charge in [-0.15, -0.1) is 0 Å². The molecule has 0 spiro atoms. The third-order valence-corrected chi connectivity index (χ3v) is 10.3. The first-order valence-corrected chi connectivity index (χ1v) is 19.4. The van der Waals surface area contributed by atoms with Gasteiger partial charge in [0.15, 0.2) is 5.96 Å². The van der Waals surface area contributed by atoms with Crippen LogP contribution in [-0.4, -0.2) is 98.5 Å². The molecule has 1 unspecified atom stereocenters. The number of benzene rings is 2. The summed E-state index contributed by atoms with van der Waals surface area (Å²) in [4.78, 5) is 56.0. The largest absolute Gasteiger partial charge is 0.459 e. The van der Waals surface area contributed by atoms with Gasteiger partial charge in [0.05, 0.1) is 11.8 Å². The highest BCUT2D eigenvalue weighted by Gasteiger charge is 2.38. The highest BCUT2D eigenvalue weighted by Crippen LogP contribution is 2.26. The Hall–Kier alpha value is -4.30. The molecule has 2 saturated heterocycles. The highest BCUT2D eigenvalue weighted by molar-refractivity contribution is 7.88. The number of carbonyl (C=O) groups is 4. The molecule has 0 radical (unpaired) electrons. The lowest BCUT2D eigenvalue weighted by Crippen LogP contribution is -2.54. The minimum Gasteiger partial charge on any atom is -0.459 e. The number of esters is 1. The van der Waals surface area contributed by atoms with Gasteiger partial charge in [-0.2, -0.15) is 0 Å². The summed E-state index contributed by atoms with van der Waals surface area (Å²) in [5.41, 5.74) is 1.20. The topological polar surface area (TPSA) is 178 Å². The van der Waals surface area contributed by atoms with Crippen LogP contribution in [-0.2, 0) is 35.6 Å². The van der Waals surface area contributed by atoms with Gasteiger partial charge in [0.2, 0.25) is 27.7 Å². The standard InChI is InChI=1S/C37H52N6O7S/c1-25-12-9-10-15-29(25)34(46)50-26(2)23-37(3,4)35(47)40-36(38)42-20-17-28(18-21-42)24-39-32(44)31-16-11-19-43(31)33(45)30(41-51(5,48)49)22-27-13-7-6-8-14-27/h6-10,12-15,26,28,30-31,41H,11,16-24H2,1-5H3,(H,39,44)(H2,38,40,47)/t26?,30-,31+/m1/s1. The third-order valence-electron chi connectivity index (χ3n) is 9.59. The molecule has 3 atom stereocenters. The number of nitrogens with zero attached hydrogens (tertiary/aromatic N) is 2. The fraction of sp³-hybridized carbons (Fsp3) is 0.541. The molecule has 0 aliphatic carbocycles. The zero-order valence-corrected chi connectivity index (χ0v) is 31.1. The Morgan fingerprint density at radius 3 is 2.27 bits per heavy atom. The molecular weight excluding hydrogens is 673 g/mol. The van der Waals surface area contributed by atoms with Crippen molar-refractivity contribution in [2.24, 2.45) is 11.3 Å². The smallest absolute Gasteiger partial charge is 0.338 e. The van der Waals surface area contributed by atoms with Crippen LogP contribution in [0.3, 0.4) is 0 Å². The van der Waals surface area contributed by atoms with E-state index in [4.69, 9.17) is 10.1 Å². The Morgan fingerprint density at radius 1 is 0.980 bits per heavy atom. The number of likely N-dealkylation sites (tertiary alicyclic amines) is 2. The lowest BCUT2D eigenvalue weighted by molar-refractivity contribution is -0.139. The van der Waals surface area contributed by atoms with Crippen LogP contribution < -0.4 is 15.4 Å². The van der Waals surface area contributed by atoms with Crippen LogP contribution in [0.15, 0.2) is 54.6 Å². The molecule has 0 saturated carbocycles. The monoisotopic (exact) mass is 724 g/mol. The molecule has 14 heteroatoms. The Bertz CT molecular complexity index is 1670. The molecule has 2 aliphatic rings. The summed E-state index contributed by atoms with van der Waals surface area (Å²) in [6.07, 6.45) is 3.46. The van der Waals surface area contributed by atoms with E-state index in [1.54, 1.807) is 37.8 Å². The first-order chi connectivity index (χ1) is 24.0. The molecular formula is C37H52N6O7S. The van der Waals surface area contributed by atoms with E-state index < -0.39 is 45.5 Å². The molecule has 2 fully saturated rings. The van der Waals surface area contributed by atoms with Gasteiger partial charge in [-0.1, -0.05) is 62.4 Å². The molecule has 278 valence electrons. The van der Waals surface area contributed by atoms with Crippen LogP contribution >= 0.6 is 0 Å². The predicted molar refractivity (Wildman–Crippen MR) is 194 cm³/mol. The van der Waals surface area contributed by atoms with Gasteiger partial charge in [0.25, 0.3) is 0 Å². The maximum Gasteiger partial charge on any atom is 0.338 e. The molecule has 2 heterocycles. The van der Waals surface area contributed by atoms with Crippen molar-refractivity contribution in [3.05, 3.63) is 71.3 Å². The van der Waals surface area contributed by atoms with Crippen LogP contribution in [0.1, 0.15) is 74.4 Å². The molecule has 51 heavy (non-hydrogen) atoms. The molecule has 0 aromatic heterocycles. The number of hydrogen-bond acceptors (Lipinski definition) is 8. The van der Waals surface area contributed by atoms with Crippen LogP contribution in [0.25, 0.3) is 0 Å². The number of carbonyl (C=O) groups excluding carboxylic acids is 4. The lowest BCUT2D eigenvalue weighted by Gasteiger charge is -2.35. The number of nitrogens with one attached hydrogen (secondary N) is 4. The second kappa shape index (κ2) is 17.3. The summed E-state index contributed by atoms with van der Waals surface area (Å²) in [6, 6.07) is 14.6. The fourth-order valence-electron chi connectivity index (χ4n) is 6.77. The van der Waals surface area contributed by atoms with Crippen LogP contribution in [0.4, 0.5) is 0 Å². The Kier molecular flexibility index (Phi) is 13.4. The molecule has 2 aromatic rings. The van der Waals surface area contributed by atoms with Gasteiger partial charge in [-0.25, -0.2) is 17.9 Å². The van der Waals surface area contributed by atoms with E-state index in [0.29, 0.717) is 57.4 Å². The zero-order chi connectivity index (χ0) is 37.3. The molecule has 4 N–H and O–H groups in total. The van der Waals surface area contributed by atoms with E-state index in [1.807, 2.05) is 49.4 Å². The molecule has 4 rings (SSSR count). The second-order valence-corrected chi connectivity index (χ2v) is 16.2. The van der Waals surface area contributed by atoms with E-state index in [-0.39, 0.29) is 36.5 Å². The first-order valence-electron chi connectivity index (χ1n) is 17.5. The second-order valence-electron chi connectivity index (χ2n) is 14.4. The number of amides is 3. The van der Waals surface area contributed by atoms with Crippen molar-refractivity contribution in [1.82, 2.24) is 25.2 Å². The Balaban J connectivity index is 1.22. The number of sulfonamides is 1. The van der Waals surface area contributed by atoms with E-state index in [1.165, 1.54) is 4.90 Å². The van der Waals surface area contributed by atoms with Crippen molar-refractivity contribution in [2.75, 3.05) is 32.4 Å². The molecule has 13 nitrogen and oxygen atoms in total. The van der Waals surface area contributed by atoms with E-state index in [9.17, 15) is 27.6 Å². The van der Waals surface area contributed by atoms with E-state index in [0.717, 1.165) is 17.4 Å². The van der Waals surface area contributed by atoms with E-state index in [2.05, 4.69) is 15.4 Å².